The average molecular weight is 486 g/mol. The van der Waals surface area contributed by atoms with Gasteiger partial charge in [0.2, 0.25) is 5.91 Å². The van der Waals surface area contributed by atoms with E-state index in [1.807, 2.05) is 71.4 Å². The monoisotopic (exact) mass is 485 g/mol. The molecule has 4 aromatic rings. The second-order valence-corrected chi connectivity index (χ2v) is 10.4. The van der Waals surface area contributed by atoms with Crippen LogP contribution in [0.3, 0.4) is 0 Å². The van der Waals surface area contributed by atoms with Gasteiger partial charge in [-0.25, -0.2) is 0 Å². The van der Waals surface area contributed by atoms with Crippen LogP contribution in [0.4, 0.5) is 5.69 Å². The molecule has 1 aliphatic heterocycles. The number of nitrogens with zero attached hydrogens (tertiary/aromatic N) is 5. The van der Waals surface area contributed by atoms with Crippen LogP contribution in [-0.4, -0.2) is 37.2 Å². The second kappa shape index (κ2) is 9.27. The average Bonchev–Trinajstić information content (AvgIpc) is 3.66. The first-order chi connectivity index (χ1) is 16.8. The largest absolute Gasteiger partial charge is 0.302 e. The van der Waals surface area contributed by atoms with Crippen LogP contribution < -0.4 is 4.90 Å². The molecule has 0 bridgehead atoms. The van der Waals surface area contributed by atoms with Crippen LogP contribution in [0.25, 0.3) is 11.4 Å². The van der Waals surface area contributed by atoms with E-state index < -0.39 is 0 Å². The summed E-state index contributed by atoms with van der Waals surface area (Å²) in [6.07, 6.45) is 5.79. The predicted octanol–water partition coefficient (Wildman–Crippen LogP) is 5.65. The molecular weight excluding hydrogens is 462 g/mol. The van der Waals surface area contributed by atoms with Gasteiger partial charge in [0.15, 0.2) is 11.0 Å². The minimum atomic E-state index is 0.00135. The zero-order valence-corrected chi connectivity index (χ0v) is 20.1. The summed E-state index contributed by atoms with van der Waals surface area (Å²) in [4.78, 5) is 21.1. The van der Waals surface area contributed by atoms with E-state index in [1.54, 1.807) is 6.20 Å². The Balaban J connectivity index is 1.28. The topological polar surface area (TPSA) is 63.9 Å². The fourth-order valence-corrected chi connectivity index (χ4v) is 6.38. The van der Waals surface area contributed by atoms with E-state index in [-0.39, 0.29) is 11.9 Å². The van der Waals surface area contributed by atoms with Gasteiger partial charge in [-0.2, -0.15) is 0 Å². The lowest BCUT2D eigenvalue weighted by Gasteiger charge is -2.37. The maximum absolute atomic E-state index is 13.7. The minimum Gasteiger partial charge on any atom is -0.302 e. The summed E-state index contributed by atoms with van der Waals surface area (Å²) in [5.41, 5.74) is 3.09. The van der Waals surface area contributed by atoms with E-state index in [4.69, 9.17) is 0 Å². The van der Waals surface area contributed by atoms with Crippen LogP contribution in [0, 0.1) is 0 Å². The molecule has 6 nitrogen and oxygen atoms in total. The summed E-state index contributed by atoms with van der Waals surface area (Å²) in [5, 5.41) is 9.72. The van der Waals surface area contributed by atoms with Crippen molar-refractivity contribution in [3.05, 3.63) is 84.7 Å². The number of fused-ring (bicyclic) bond motifs is 1. The molecular formula is C26H23N5OS2. The molecule has 6 rings (SSSR count). The van der Waals surface area contributed by atoms with Gasteiger partial charge in [-0.1, -0.05) is 54.2 Å². The Kier molecular flexibility index (Phi) is 5.84. The lowest BCUT2D eigenvalue weighted by Crippen LogP contribution is -2.39. The molecule has 1 saturated carbocycles. The number of amides is 1. The van der Waals surface area contributed by atoms with Crippen LogP contribution in [0.5, 0.6) is 0 Å². The number of rotatable bonds is 6. The lowest BCUT2D eigenvalue weighted by molar-refractivity contribution is -0.116. The van der Waals surface area contributed by atoms with Gasteiger partial charge in [-0.15, -0.1) is 22.0 Å². The van der Waals surface area contributed by atoms with Gasteiger partial charge < -0.3 is 4.90 Å². The molecule has 1 fully saturated rings. The van der Waals surface area contributed by atoms with Gasteiger partial charge >= 0.3 is 0 Å². The quantitative estimate of drug-likeness (QED) is 0.329. The molecule has 0 saturated heterocycles. The van der Waals surface area contributed by atoms with Crippen LogP contribution in [0.2, 0.25) is 0 Å². The normalized spacial score (nSPS) is 17.4. The maximum atomic E-state index is 13.7. The SMILES string of the molecule is O=C(CSc1nnc(-c2cccnc2)n1C1CC1)N1c2ccccc2SCC1c1ccccc1. The molecule has 3 heterocycles. The molecule has 2 aliphatic rings. The molecule has 1 aliphatic carbocycles. The smallest absolute Gasteiger partial charge is 0.238 e. The summed E-state index contributed by atoms with van der Waals surface area (Å²) in [6, 6.07) is 22.8. The zero-order chi connectivity index (χ0) is 22.9. The Bertz CT molecular complexity index is 1310. The van der Waals surface area contributed by atoms with Crippen molar-refractivity contribution in [2.45, 2.75) is 35.0 Å². The highest BCUT2D eigenvalue weighted by atomic mass is 32.2. The summed E-state index contributed by atoms with van der Waals surface area (Å²) in [5.74, 6) is 2.05. The van der Waals surface area contributed by atoms with Gasteiger partial charge in [0, 0.05) is 34.6 Å². The number of pyridine rings is 1. The van der Waals surface area contributed by atoms with Gasteiger partial charge in [-0.3, -0.25) is 14.3 Å². The molecule has 1 atom stereocenters. The second-order valence-electron chi connectivity index (χ2n) is 8.41. The van der Waals surface area contributed by atoms with E-state index in [0.717, 1.165) is 51.3 Å². The van der Waals surface area contributed by atoms with Crippen LogP contribution in [0.15, 0.2) is 89.2 Å². The Hall–Kier alpha value is -3.10. The van der Waals surface area contributed by atoms with Crippen LogP contribution in [0.1, 0.15) is 30.5 Å². The third kappa shape index (κ3) is 4.12. The van der Waals surface area contributed by atoms with Crippen molar-refractivity contribution >= 4 is 35.1 Å². The molecule has 0 radical (unpaired) electrons. The number of anilines is 1. The molecule has 2 aromatic heterocycles. The van der Waals surface area contributed by atoms with Crippen molar-refractivity contribution in [1.29, 1.82) is 0 Å². The molecule has 1 unspecified atom stereocenters. The molecule has 8 heteroatoms. The third-order valence-electron chi connectivity index (χ3n) is 6.11. The zero-order valence-electron chi connectivity index (χ0n) is 18.4. The number of aromatic nitrogens is 4. The molecule has 0 N–H and O–H groups in total. The number of carbonyl (C=O) groups is 1. The Labute approximate surface area is 206 Å². The number of para-hydroxylation sites is 1. The molecule has 170 valence electrons. The molecule has 2 aromatic carbocycles. The fraction of sp³-hybridized carbons (Fsp3) is 0.231. The first-order valence-electron chi connectivity index (χ1n) is 11.4. The van der Waals surface area contributed by atoms with Gasteiger partial charge in [0.25, 0.3) is 0 Å². The summed E-state index contributed by atoms with van der Waals surface area (Å²) in [6.45, 7) is 0. The molecule has 0 spiro atoms. The van der Waals surface area contributed by atoms with E-state index in [0.29, 0.717) is 11.8 Å². The summed E-state index contributed by atoms with van der Waals surface area (Å²) < 4.78 is 2.18. The standard InChI is InChI=1S/C26H23N5OS2/c32-24(17-34-26-29-28-25(30(26)20-12-13-20)19-9-6-14-27-15-19)31-21-10-4-5-11-23(21)33-16-22(31)18-7-2-1-3-8-18/h1-11,14-15,20,22H,12-13,16-17H2. The Morgan fingerprint density at radius 2 is 1.82 bits per heavy atom. The van der Waals surface area contributed by atoms with Crippen molar-refractivity contribution in [3.63, 3.8) is 0 Å². The van der Waals surface area contributed by atoms with Gasteiger partial charge in [0.1, 0.15) is 0 Å². The lowest BCUT2D eigenvalue weighted by atomic mass is 10.1. The number of hydrogen-bond acceptors (Lipinski definition) is 6. The van der Waals surface area contributed by atoms with Crippen molar-refractivity contribution in [3.8, 4) is 11.4 Å². The van der Waals surface area contributed by atoms with Gasteiger partial charge in [-0.05, 0) is 42.7 Å². The number of hydrogen-bond donors (Lipinski definition) is 0. The van der Waals surface area contributed by atoms with E-state index in [2.05, 4.69) is 37.9 Å². The molecule has 34 heavy (non-hydrogen) atoms. The van der Waals surface area contributed by atoms with Gasteiger partial charge in [0.05, 0.1) is 17.5 Å². The summed E-state index contributed by atoms with van der Waals surface area (Å²) >= 11 is 3.29. The number of thioether (sulfide) groups is 2. The van der Waals surface area contributed by atoms with Crippen LogP contribution in [-0.2, 0) is 4.79 Å². The number of benzene rings is 2. The summed E-state index contributed by atoms with van der Waals surface area (Å²) in [7, 11) is 0. The Morgan fingerprint density at radius 3 is 2.62 bits per heavy atom. The highest BCUT2D eigenvalue weighted by molar-refractivity contribution is 8.00. The highest BCUT2D eigenvalue weighted by Crippen LogP contribution is 2.44. The van der Waals surface area contributed by atoms with Crippen molar-refractivity contribution in [2.75, 3.05) is 16.4 Å². The third-order valence-corrected chi connectivity index (χ3v) is 8.17. The van der Waals surface area contributed by atoms with Crippen LogP contribution >= 0.6 is 23.5 Å². The van der Waals surface area contributed by atoms with E-state index >= 15 is 0 Å². The van der Waals surface area contributed by atoms with Crippen molar-refractivity contribution in [1.82, 2.24) is 19.7 Å². The maximum Gasteiger partial charge on any atom is 0.238 e. The first-order valence-corrected chi connectivity index (χ1v) is 13.3. The highest BCUT2D eigenvalue weighted by Gasteiger charge is 2.34. The van der Waals surface area contributed by atoms with E-state index in [9.17, 15) is 4.79 Å². The van der Waals surface area contributed by atoms with E-state index in [1.165, 1.54) is 11.8 Å². The van der Waals surface area contributed by atoms with Crippen molar-refractivity contribution in [2.24, 2.45) is 0 Å². The number of carbonyl (C=O) groups excluding carboxylic acids is 1. The van der Waals surface area contributed by atoms with Crippen molar-refractivity contribution < 1.29 is 4.79 Å². The predicted molar refractivity (Wildman–Crippen MR) is 136 cm³/mol. The Morgan fingerprint density at radius 1 is 1.00 bits per heavy atom. The minimum absolute atomic E-state index is 0.00135. The molecule has 1 amide bonds. The fourth-order valence-electron chi connectivity index (χ4n) is 4.34. The first kappa shape index (κ1) is 21.4.